The average Bonchev–Trinajstić information content (AvgIpc) is 2.89. The minimum absolute atomic E-state index is 0.0987. The highest BCUT2D eigenvalue weighted by Gasteiger charge is 1.97. The molecule has 0 aliphatic carbocycles. The summed E-state index contributed by atoms with van der Waals surface area (Å²) in [4.78, 5) is 12.6. The molecular formula is C14H12ClNOS. The number of nitrogens with one attached hydrogen (secondary N) is 1. The van der Waals surface area contributed by atoms with E-state index < -0.39 is 0 Å². The van der Waals surface area contributed by atoms with Crippen LogP contribution in [0.1, 0.15) is 10.4 Å². The molecule has 18 heavy (non-hydrogen) atoms. The first kappa shape index (κ1) is 12.9. The van der Waals surface area contributed by atoms with Gasteiger partial charge in [-0.15, -0.1) is 11.3 Å². The number of benzene rings is 1. The van der Waals surface area contributed by atoms with E-state index in [9.17, 15) is 4.79 Å². The summed E-state index contributed by atoms with van der Waals surface area (Å²) >= 11 is 7.38. The number of amides is 1. The fraction of sp³-hybridized carbons (Fsp3) is 0.0714. The van der Waals surface area contributed by atoms with E-state index in [0.29, 0.717) is 11.6 Å². The van der Waals surface area contributed by atoms with E-state index >= 15 is 0 Å². The molecule has 2 nitrogen and oxygen atoms in total. The Hall–Kier alpha value is -1.58. The number of halogens is 1. The van der Waals surface area contributed by atoms with Gasteiger partial charge in [0.25, 0.3) is 0 Å². The van der Waals surface area contributed by atoms with Crippen LogP contribution in [0, 0.1) is 0 Å². The highest BCUT2D eigenvalue weighted by molar-refractivity contribution is 7.10. The average molecular weight is 278 g/mol. The van der Waals surface area contributed by atoms with E-state index in [2.05, 4.69) is 5.32 Å². The van der Waals surface area contributed by atoms with E-state index in [0.717, 1.165) is 10.4 Å². The van der Waals surface area contributed by atoms with Gasteiger partial charge in [-0.2, -0.15) is 0 Å². The monoisotopic (exact) mass is 277 g/mol. The lowest BCUT2D eigenvalue weighted by molar-refractivity contribution is -0.116. The molecule has 0 bridgehead atoms. The van der Waals surface area contributed by atoms with Crippen molar-refractivity contribution in [1.29, 1.82) is 0 Å². The van der Waals surface area contributed by atoms with Gasteiger partial charge in [0.05, 0.1) is 0 Å². The molecule has 0 radical (unpaired) electrons. The van der Waals surface area contributed by atoms with E-state index in [1.54, 1.807) is 17.4 Å². The molecule has 0 fully saturated rings. The molecule has 0 spiro atoms. The SMILES string of the molecule is O=C(C=Cc1cccs1)NCc1ccc(Cl)cc1. The van der Waals surface area contributed by atoms with Gasteiger partial charge in [-0.05, 0) is 35.2 Å². The molecule has 0 saturated carbocycles. The molecule has 2 rings (SSSR count). The zero-order chi connectivity index (χ0) is 12.8. The Morgan fingerprint density at radius 1 is 1.28 bits per heavy atom. The zero-order valence-corrected chi connectivity index (χ0v) is 11.2. The third-order valence-electron chi connectivity index (χ3n) is 2.32. The van der Waals surface area contributed by atoms with E-state index in [1.165, 1.54) is 0 Å². The standard InChI is InChI=1S/C14H12ClNOS/c15-12-5-3-11(4-6-12)10-16-14(17)8-7-13-2-1-9-18-13/h1-9H,10H2,(H,16,17). The Bertz CT molecular complexity index is 531. The van der Waals surface area contributed by atoms with Crippen LogP contribution < -0.4 is 5.32 Å². The van der Waals surface area contributed by atoms with Gasteiger partial charge in [0, 0.05) is 22.5 Å². The van der Waals surface area contributed by atoms with Crippen molar-refractivity contribution in [2.24, 2.45) is 0 Å². The molecule has 0 unspecified atom stereocenters. The normalized spacial score (nSPS) is 10.7. The Kier molecular flexibility index (Phi) is 4.56. The van der Waals surface area contributed by atoms with Crippen molar-refractivity contribution in [3.05, 3.63) is 63.3 Å². The third-order valence-corrected chi connectivity index (χ3v) is 3.41. The zero-order valence-electron chi connectivity index (χ0n) is 9.60. The van der Waals surface area contributed by atoms with Crippen LogP contribution in [-0.2, 0) is 11.3 Å². The lowest BCUT2D eigenvalue weighted by Gasteiger charge is -2.02. The molecule has 1 N–H and O–H groups in total. The van der Waals surface area contributed by atoms with Crippen LogP contribution in [0.15, 0.2) is 47.9 Å². The van der Waals surface area contributed by atoms with Gasteiger partial charge in [0.1, 0.15) is 0 Å². The lowest BCUT2D eigenvalue weighted by Crippen LogP contribution is -2.20. The predicted molar refractivity (Wildman–Crippen MR) is 76.7 cm³/mol. The molecule has 4 heteroatoms. The van der Waals surface area contributed by atoms with Gasteiger partial charge in [0.15, 0.2) is 0 Å². The third kappa shape index (κ3) is 4.02. The quantitative estimate of drug-likeness (QED) is 0.848. The molecule has 0 atom stereocenters. The summed E-state index contributed by atoms with van der Waals surface area (Å²) in [5.41, 5.74) is 1.03. The van der Waals surface area contributed by atoms with Gasteiger partial charge in [0.2, 0.25) is 5.91 Å². The van der Waals surface area contributed by atoms with Crippen LogP contribution in [0.2, 0.25) is 5.02 Å². The maximum Gasteiger partial charge on any atom is 0.244 e. The van der Waals surface area contributed by atoms with Crippen LogP contribution in [-0.4, -0.2) is 5.91 Å². The highest BCUT2D eigenvalue weighted by Crippen LogP contribution is 2.10. The molecule has 1 aromatic carbocycles. The molecule has 0 aliphatic heterocycles. The summed E-state index contributed by atoms with van der Waals surface area (Å²) in [6.45, 7) is 0.505. The summed E-state index contributed by atoms with van der Waals surface area (Å²) in [5.74, 6) is -0.0987. The van der Waals surface area contributed by atoms with Crippen molar-refractivity contribution in [2.75, 3.05) is 0 Å². The van der Waals surface area contributed by atoms with Crippen LogP contribution in [0.25, 0.3) is 6.08 Å². The first-order chi connectivity index (χ1) is 8.74. The topological polar surface area (TPSA) is 29.1 Å². The fourth-order valence-electron chi connectivity index (χ4n) is 1.39. The minimum Gasteiger partial charge on any atom is -0.348 e. The minimum atomic E-state index is -0.0987. The van der Waals surface area contributed by atoms with Crippen molar-refractivity contribution < 1.29 is 4.79 Å². The number of hydrogen-bond donors (Lipinski definition) is 1. The summed E-state index contributed by atoms with van der Waals surface area (Å²) in [7, 11) is 0. The Morgan fingerprint density at radius 2 is 2.06 bits per heavy atom. The number of rotatable bonds is 4. The second-order valence-electron chi connectivity index (χ2n) is 3.69. The van der Waals surface area contributed by atoms with Gasteiger partial charge >= 0.3 is 0 Å². The molecule has 1 aromatic heterocycles. The molecule has 0 saturated heterocycles. The molecule has 0 aliphatic rings. The molecule has 1 amide bonds. The molecule has 2 aromatic rings. The second kappa shape index (κ2) is 6.38. The first-order valence-electron chi connectivity index (χ1n) is 5.48. The largest absolute Gasteiger partial charge is 0.348 e. The van der Waals surface area contributed by atoms with E-state index in [1.807, 2.05) is 47.9 Å². The smallest absolute Gasteiger partial charge is 0.244 e. The van der Waals surface area contributed by atoms with Crippen molar-refractivity contribution in [3.8, 4) is 0 Å². The van der Waals surface area contributed by atoms with Gasteiger partial charge in [-0.3, -0.25) is 4.79 Å². The van der Waals surface area contributed by atoms with Crippen molar-refractivity contribution in [3.63, 3.8) is 0 Å². The molecular weight excluding hydrogens is 266 g/mol. The predicted octanol–water partition coefficient (Wildman–Crippen LogP) is 3.73. The number of thiophene rings is 1. The van der Waals surface area contributed by atoms with Gasteiger partial charge in [-0.1, -0.05) is 29.8 Å². The Morgan fingerprint density at radius 3 is 2.72 bits per heavy atom. The lowest BCUT2D eigenvalue weighted by atomic mass is 10.2. The number of hydrogen-bond acceptors (Lipinski definition) is 2. The number of carbonyl (C=O) groups is 1. The van der Waals surface area contributed by atoms with Crippen molar-refractivity contribution in [2.45, 2.75) is 6.54 Å². The van der Waals surface area contributed by atoms with Gasteiger partial charge < -0.3 is 5.32 Å². The Balaban J connectivity index is 1.83. The molecule has 92 valence electrons. The van der Waals surface area contributed by atoms with Crippen molar-refractivity contribution >= 4 is 34.9 Å². The summed E-state index contributed by atoms with van der Waals surface area (Å²) in [6.07, 6.45) is 3.35. The maximum absolute atomic E-state index is 11.6. The highest BCUT2D eigenvalue weighted by atomic mass is 35.5. The Labute approximate surface area is 115 Å². The van der Waals surface area contributed by atoms with Gasteiger partial charge in [-0.25, -0.2) is 0 Å². The fourth-order valence-corrected chi connectivity index (χ4v) is 2.14. The maximum atomic E-state index is 11.6. The van der Waals surface area contributed by atoms with E-state index in [4.69, 9.17) is 11.6 Å². The van der Waals surface area contributed by atoms with Crippen LogP contribution in [0.3, 0.4) is 0 Å². The van der Waals surface area contributed by atoms with Crippen LogP contribution >= 0.6 is 22.9 Å². The number of carbonyl (C=O) groups excluding carboxylic acids is 1. The molecule has 1 heterocycles. The van der Waals surface area contributed by atoms with E-state index in [-0.39, 0.29) is 5.91 Å². The summed E-state index contributed by atoms with van der Waals surface area (Å²) in [6, 6.07) is 11.3. The first-order valence-corrected chi connectivity index (χ1v) is 6.74. The summed E-state index contributed by atoms with van der Waals surface area (Å²) in [5, 5.41) is 5.49. The second-order valence-corrected chi connectivity index (χ2v) is 5.11. The van der Waals surface area contributed by atoms with Crippen LogP contribution in [0.5, 0.6) is 0 Å². The van der Waals surface area contributed by atoms with Crippen molar-refractivity contribution in [1.82, 2.24) is 5.32 Å². The van der Waals surface area contributed by atoms with Crippen LogP contribution in [0.4, 0.5) is 0 Å². The summed E-state index contributed by atoms with van der Waals surface area (Å²) < 4.78 is 0.